The standard InChI is InChI=1S/C23H27F3O3/c1-3-11-27-20-9-5-15(13-19(20)24)17-7-8-18(23(26)22(17)25)16-6-10-21(29-14-16)28-12-4-2/h5,7-9,13,16,21H,3-4,6,10-12,14H2,1-2H3. The zero-order valence-corrected chi connectivity index (χ0v) is 16.8. The lowest BCUT2D eigenvalue weighted by molar-refractivity contribution is -0.167. The van der Waals surface area contributed by atoms with Crippen LogP contribution in [0.25, 0.3) is 11.1 Å². The Morgan fingerprint density at radius 1 is 0.966 bits per heavy atom. The van der Waals surface area contributed by atoms with Gasteiger partial charge >= 0.3 is 0 Å². The minimum absolute atomic E-state index is 0.0214. The summed E-state index contributed by atoms with van der Waals surface area (Å²) in [7, 11) is 0. The molecule has 0 aromatic heterocycles. The Morgan fingerprint density at radius 3 is 2.41 bits per heavy atom. The van der Waals surface area contributed by atoms with Gasteiger partial charge in [-0.05, 0) is 48.9 Å². The molecule has 3 rings (SSSR count). The Balaban J connectivity index is 1.76. The van der Waals surface area contributed by atoms with Crippen LogP contribution in [-0.2, 0) is 9.47 Å². The number of ether oxygens (including phenoxy) is 3. The molecule has 0 bridgehead atoms. The van der Waals surface area contributed by atoms with E-state index in [1.807, 2.05) is 13.8 Å². The molecule has 2 aromatic carbocycles. The van der Waals surface area contributed by atoms with E-state index in [2.05, 4.69) is 0 Å². The summed E-state index contributed by atoms with van der Waals surface area (Å²) in [5.74, 6) is -2.61. The molecule has 0 amide bonds. The van der Waals surface area contributed by atoms with Crippen LogP contribution in [0.15, 0.2) is 30.3 Å². The van der Waals surface area contributed by atoms with Gasteiger partial charge in [0.15, 0.2) is 29.5 Å². The second-order valence-corrected chi connectivity index (χ2v) is 7.23. The van der Waals surface area contributed by atoms with Gasteiger partial charge in [-0.2, -0.15) is 0 Å². The van der Waals surface area contributed by atoms with Crippen LogP contribution in [0.5, 0.6) is 5.75 Å². The molecule has 2 unspecified atom stereocenters. The van der Waals surface area contributed by atoms with E-state index in [9.17, 15) is 13.2 Å². The minimum atomic E-state index is -0.978. The maximum absolute atomic E-state index is 14.8. The summed E-state index contributed by atoms with van der Waals surface area (Å²) >= 11 is 0. The van der Waals surface area contributed by atoms with Gasteiger partial charge in [-0.1, -0.05) is 32.0 Å². The molecule has 0 spiro atoms. The van der Waals surface area contributed by atoms with Crippen molar-refractivity contribution in [3.8, 4) is 16.9 Å². The Morgan fingerprint density at radius 2 is 1.76 bits per heavy atom. The molecule has 1 heterocycles. The summed E-state index contributed by atoms with van der Waals surface area (Å²) in [5.41, 5.74) is 0.568. The van der Waals surface area contributed by atoms with Crippen molar-refractivity contribution in [2.75, 3.05) is 19.8 Å². The molecule has 0 radical (unpaired) electrons. The molecule has 2 atom stereocenters. The average molecular weight is 408 g/mol. The molecular formula is C23H27F3O3. The van der Waals surface area contributed by atoms with Gasteiger partial charge in [-0.25, -0.2) is 13.2 Å². The maximum Gasteiger partial charge on any atom is 0.166 e. The van der Waals surface area contributed by atoms with Crippen LogP contribution in [0.4, 0.5) is 13.2 Å². The lowest BCUT2D eigenvalue weighted by Gasteiger charge is -2.29. The van der Waals surface area contributed by atoms with Gasteiger partial charge < -0.3 is 14.2 Å². The van der Waals surface area contributed by atoms with Gasteiger partial charge in [0.25, 0.3) is 0 Å². The Labute approximate surface area is 169 Å². The molecule has 158 valence electrons. The zero-order chi connectivity index (χ0) is 20.8. The van der Waals surface area contributed by atoms with Gasteiger partial charge in [-0.15, -0.1) is 0 Å². The number of hydrogen-bond acceptors (Lipinski definition) is 3. The average Bonchev–Trinajstić information content (AvgIpc) is 2.74. The molecular weight excluding hydrogens is 381 g/mol. The Hall–Kier alpha value is -2.05. The normalized spacial score (nSPS) is 19.3. The maximum atomic E-state index is 14.8. The summed E-state index contributed by atoms with van der Waals surface area (Å²) in [6.45, 7) is 5.22. The number of rotatable bonds is 8. The van der Waals surface area contributed by atoms with E-state index in [-0.39, 0.29) is 41.3 Å². The Bertz CT molecular complexity index is 817. The van der Waals surface area contributed by atoms with E-state index in [1.165, 1.54) is 24.3 Å². The van der Waals surface area contributed by atoms with Crippen molar-refractivity contribution >= 4 is 0 Å². The fourth-order valence-electron chi connectivity index (χ4n) is 3.45. The Kier molecular flexibility index (Phi) is 7.56. The molecule has 3 nitrogen and oxygen atoms in total. The van der Waals surface area contributed by atoms with Gasteiger partial charge in [0.05, 0.1) is 13.2 Å². The predicted octanol–water partition coefficient (Wildman–Crippen LogP) is 6.21. The first kappa shape index (κ1) is 21.7. The van der Waals surface area contributed by atoms with Crippen molar-refractivity contribution in [2.45, 2.75) is 51.7 Å². The van der Waals surface area contributed by atoms with Crippen molar-refractivity contribution in [3.63, 3.8) is 0 Å². The summed E-state index contributed by atoms with van der Waals surface area (Å²) in [6, 6.07) is 7.20. The van der Waals surface area contributed by atoms with Crippen molar-refractivity contribution < 1.29 is 27.4 Å². The highest BCUT2D eigenvalue weighted by molar-refractivity contribution is 5.66. The van der Waals surface area contributed by atoms with Crippen LogP contribution in [-0.4, -0.2) is 26.1 Å². The monoisotopic (exact) mass is 408 g/mol. The van der Waals surface area contributed by atoms with E-state index >= 15 is 0 Å². The SMILES string of the molecule is CCCOc1ccc(-c2ccc(C3CCC(OCCC)OC3)c(F)c2F)cc1F. The van der Waals surface area contributed by atoms with E-state index < -0.39 is 17.5 Å². The van der Waals surface area contributed by atoms with Gasteiger partial charge in [0.2, 0.25) is 0 Å². The number of benzene rings is 2. The van der Waals surface area contributed by atoms with Crippen LogP contribution in [0, 0.1) is 17.5 Å². The third kappa shape index (κ3) is 5.11. The van der Waals surface area contributed by atoms with Crippen LogP contribution in [0.3, 0.4) is 0 Å². The minimum Gasteiger partial charge on any atom is -0.491 e. The lowest BCUT2D eigenvalue weighted by Crippen LogP contribution is -2.28. The van der Waals surface area contributed by atoms with E-state index in [4.69, 9.17) is 14.2 Å². The third-order valence-electron chi connectivity index (χ3n) is 5.00. The third-order valence-corrected chi connectivity index (χ3v) is 5.00. The second-order valence-electron chi connectivity index (χ2n) is 7.23. The van der Waals surface area contributed by atoms with Crippen LogP contribution >= 0.6 is 0 Å². The zero-order valence-electron chi connectivity index (χ0n) is 16.8. The summed E-state index contributed by atoms with van der Waals surface area (Å²) in [4.78, 5) is 0. The molecule has 29 heavy (non-hydrogen) atoms. The highest BCUT2D eigenvalue weighted by atomic mass is 19.2. The van der Waals surface area contributed by atoms with Crippen LogP contribution in [0.1, 0.15) is 51.0 Å². The molecule has 0 N–H and O–H groups in total. The molecule has 0 aliphatic carbocycles. The molecule has 6 heteroatoms. The van der Waals surface area contributed by atoms with Crippen molar-refractivity contribution in [2.24, 2.45) is 0 Å². The molecule has 1 aliphatic heterocycles. The molecule has 1 aliphatic rings. The fraction of sp³-hybridized carbons (Fsp3) is 0.478. The van der Waals surface area contributed by atoms with Crippen molar-refractivity contribution in [1.82, 2.24) is 0 Å². The first-order valence-electron chi connectivity index (χ1n) is 10.2. The van der Waals surface area contributed by atoms with Gasteiger partial charge in [0.1, 0.15) is 0 Å². The molecule has 1 saturated heterocycles. The second kappa shape index (κ2) is 10.1. The quantitative estimate of drug-likeness (QED) is 0.520. The molecule has 2 aromatic rings. The van der Waals surface area contributed by atoms with E-state index in [0.717, 1.165) is 12.8 Å². The van der Waals surface area contributed by atoms with Gasteiger partial charge in [0, 0.05) is 18.1 Å². The first-order chi connectivity index (χ1) is 14.0. The highest BCUT2D eigenvalue weighted by Crippen LogP contribution is 2.35. The summed E-state index contributed by atoms with van der Waals surface area (Å²) in [5, 5.41) is 0. The van der Waals surface area contributed by atoms with Gasteiger partial charge in [-0.3, -0.25) is 0 Å². The van der Waals surface area contributed by atoms with Crippen LogP contribution < -0.4 is 4.74 Å². The summed E-state index contributed by atoms with van der Waals surface area (Å²) in [6.07, 6.45) is 2.66. The van der Waals surface area contributed by atoms with Crippen molar-refractivity contribution in [1.29, 1.82) is 0 Å². The highest BCUT2D eigenvalue weighted by Gasteiger charge is 2.27. The first-order valence-corrected chi connectivity index (χ1v) is 10.2. The topological polar surface area (TPSA) is 27.7 Å². The summed E-state index contributed by atoms with van der Waals surface area (Å²) < 4.78 is 60.3. The number of halogens is 3. The largest absolute Gasteiger partial charge is 0.491 e. The smallest absolute Gasteiger partial charge is 0.166 e. The lowest BCUT2D eigenvalue weighted by atomic mass is 9.90. The molecule has 1 fully saturated rings. The van der Waals surface area contributed by atoms with Crippen molar-refractivity contribution in [3.05, 3.63) is 53.3 Å². The fourth-order valence-corrected chi connectivity index (χ4v) is 3.45. The van der Waals surface area contributed by atoms with Crippen LogP contribution in [0.2, 0.25) is 0 Å². The number of hydrogen-bond donors (Lipinski definition) is 0. The predicted molar refractivity (Wildman–Crippen MR) is 105 cm³/mol. The van der Waals surface area contributed by atoms with E-state index in [1.54, 1.807) is 6.07 Å². The van der Waals surface area contributed by atoms with E-state index in [0.29, 0.717) is 26.1 Å². The molecule has 0 saturated carbocycles.